The second kappa shape index (κ2) is 7.75. The van der Waals surface area contributed by atoms with E-state index < -0.39 is 36.4 Å². The summed E-state index contributed by atoms with van der Waals surface area (Å²) in [7, 11) is 0. The van der Waals surface area contributed by atoms with Crippen LogP contribution in [0.2, 0.25) is 0 Å². The van der Waals surface area contributed by atoms with E-state index in [1.165, 1.54) is 0 Å². The minimum absolute atomic E-state index is 0. The van der Waals surface area contributed by atoms with Gasteiger partial charge in [-0.25, -0.2) is 0 Å². The van der Waals surface area contributed by atoms with Gasteiger partial charge in [0.05, 0.1) is 5.97 Å². The Morgan fingerprint density at radius 1 is 1.00 bits per heavy atom. The Morgan fingerprint density at radius 3 is 1.40 bits per heavy atom. The van der Waals surface area contributed by atoms with Crippen molar-refractivity contribution >= 4 is 17.9 Å². The van der Waals surface area contributed by atoms with Crippen LogP contribution in [0.25, 0.3) is 0 Å². The minimum atomic E-state index is -2.97. The minimum Gasteiger partial charge on any atom is -0.550 e. The standard InChI is InChI=1S/C6H8O7.Co.Zn/c7-3(8)1-6(13,5(11)12)2-4(9)10;;/h13H,1-2H2,(H,7,8)(H,9,10)(H,11,12);;/q;2*+2/p-3. The molecule has 0 amide bonds. The maximum atomic E-state index is 10.1. The zero-order valence-corrected chi connectivity index (χ0v) is 11.4. The van der Waals surface area contributed by atoms with Crippen molar-refractivity contribution < 1.29 is 71.1 Å². The molecule has 0 aliphatic heterocycles. The van der Waals surface area contributed by atoms with Crippen LogP contribution in [0.3, 0.4) is 0 Å². The van der Waals surface area contributed by atoms with Gasteiger partial charge >= 0.3 is 36.3 Å². The molecule has 0 heterocycles. The molecule has 0 unspecified atom stereocenters. The first-order valence-electron chi connectivity index (χ1n) is 3.11. The monoisotopic (exact) mass is 312 g/mol. The number of carbonyl (C=O) groups is 3. The molecule has 0 aromatic heterocycles. The molecule has 0 bridgehead atoms. The fraction of sp³-hybridized carbons (Fsp3) is 0.500. The van der Waals surface area contributed by atoms with Gasteiger partial charge in [-0.05, 0) is 0 Å². The van der Waals surface area contributed by atoms with Crippen molar-refractivity contribution in [3.05, 3.63) is 0 Å². The second-order valence-corrected chi connectivity index (χ2v) is 2.42. The van der Waals surface area contributed by atoms with Crippen molar-refractivity contribution in [3.63, 3.8) is 0 Å². The van der Waals surface area contributed by atoms with Crippen LogP contribution in [0.1, 0.15) is 12.8 Å². The average Bonchev–Trinajstić information content (AvgIpc) is 1.82. The van der Waals surface area contributed by atoms with E-state index in [0.717, 1.165) is 0 Å². The smallest absolute Gasteiger partial charge is 0.550 e. The molecule has 81 valence electrons. The molecule has 0 atom stereocenters. The van der Waals surface area contributed by atoms with Gasteiger partial charge in [0.15, 0.2) is 0 Å². The number of aliphatic hydroxyl groups is 1. The van der Waals surface area contributed by atoms with Crippen molar-refractivity contribution in [2.24, 2.45) is 0 Å². The topological polar surface area (TPSA) is 141 Å². The normalized spacial score (nSPS) is 9.40. The number of aliphatic carboxylic acids is 3. The maximum absolute atomic E-state index is 10.1. The van der Waals surface area contributed by atoms with Gasteiger partial charge in [0.25, 0.3) is 0 Å². The predicted molar refractivity (Wildman–Crippen MR) is 29.2 cm³/mol. The Kier molecular flexibility index (Phi) is 10.3. The summed E-state index contributed by atoms with van der Waals surface area (Å²) in [4.78, 5) is 30.0. The third-order valence-electron chi connectivity index (χ3n) is 1.25. The van der Waals surface area contributed by atoms with Crippen LogP contribution in [-0.2, 0) is 50.6 Å². The molecule has 0 saturated carbocycles. The van der Waals surface area contributed by atoms with Gasteiger partial charge < -0.3 is 34.8 Å². The van der Waals surface area contributed by atoms with E-state index in [-0.39, 0.29) is 36.3 Å². The summed E-state index contributed by atoms with van der Waals surface area (Å²) in [5.74, 6) is -5.98. The van der Waals surface area contributed by atoms with Crippen molar-refractivity contribution in [2.45, 2.75) is 18.4 Å². The molecule has 1 N–H and O–H groups in total. The van der Waals surface area contributed by atoms with E-state index in [2.05, 4.69) is 0 Å². The molecular weight excluding hydrogens is 308 g/mol. The Hall–Kier alpha value is -0.500. The SMILES string of the molecule is O=C([O-])CC(O)(CC(=O)[O-])C(=O)[O-].[Co+2].[Zn+2]. The Labute approximate surface area is 107 Å². The Morgan fingerprint density at radius 2 is 1.27 bits per heavy atom. The summed E-state index contributed by atoms with van der Waals surface area (Å²) in [5, 5.41) is 38.9. The van der Waals surface area contributed by atoms with Gasteiger partial charge in [-0.1, -0.05) is 0 Å². The number of carboxylic acid groups (broad SMARTS) is 3. The summed E-state index contributed by atoms with van der Waals surface area (Å²) in [6.07, 6.45) is -2.72. The summed E-state index contributed by atoms with van der Waals surface area (Å²) < 4.78 is 0. The molecule has 0 aromatic rings. The van der Waals surface area contributed by atoms with Crippen molar-refractivity contribution in [3.8, 4) is 0 Å². The van der Waals surface area contributed by atoms with Crippen LogP contribution in [-0.4, -0.2) is 28.6 Å². The number of rotatable bonds is 5. The molecule has 0 aliphatic carbocycles. The average molecular weight is 313 g/mol. The first-order valence-corrected chi connectivity index (χ1v) is 3.11. The van der Waals surface area contributed by atoms with Gasteiger partial charge in [0.2, 0.25) is 0 Å². The molecule has 15 heavy (non-hydrogen) atoms. The van der Waals surface area contributed by atoms with Crippen molar-refractivity contribution in [1.82, 2.24) is 0 Å². The van der Waals surface area contributed by atoms with Gasteiger partial charge in [-0.15, -0.1) is 0 Å². The fourth-order valence-electron chi connectivity index (χ4n) is 0.684. The van der Waals surface area contributed by atoms with Crippen LogP contribution >= 0.6 is 0 Å². The molecule has 0 saturated heterocycles. The van der Waals surface area contributed by atoms with Gasteiger partial charge in [-0.2, -0.15) is 0 Å². The second-order valence-electron chi connectivity index (χ2n) is 2.42. The molecular formula is C6H5CoO7Zn+. The summed E-state index contributed by atoms with van der Waals surface area (Å²) in [5.41, 5.74) is -2.97. The molecule has 0 fully saturated rings. The first kappa shape index (κ1) is 20.0. The van der Waals surface area contributed by atoms with E-state index in [9.17, 15) is 29.7 Å². The van der Waals surface area contributed by atoms with Crippen LogP contribution in [0.4, 0.5) is 0 Å². The Balaban J connectivity index is -0.000000720. The molecule has 0 aromatic carbocycles. The zero-order chi connectivity index (χ0) is 10.6. The van der Waals surface area contributed by atoms with E-state index in [1.807, 2.05) is 0 Å². The first-order chi connectivity index (χ1) is 5.78. The number of carbonyl (C=O) groups excluding carboxylic acids is 3. The summed E-state index contributed by atoms with van der Waals surface area (Å²) in [6, 6.07) is 0. The zero-order valence-electron chi connectivity index (χ0n) is 7.35. The molecule has 0 spiro atoms. The maximum Gasteiger partial charge on any atom is 2.00 e. The quantitative estimate of drug-likeness (QED) is 0.500. The molecule has 7 nitrogen and oxygen atoms in total. The van der Waals surface area contributed by atoms with Gasteiger partial charge in [0, 0.05) is 24.8 Å². The van der Waals surface area contributed by atoms with Crippen molar-refractivity contribution in [1.29, 1.82) is 0 Å². The third kappa shape index (κ3) is 7.43. The number of carboxylic acids is 3. The predicted octanol–water partition coefficient (Wildman–Crippen LogP) is -5.26. The summed E-state index contributed by atoms with van der Waals surface area (Å²) >= 11 is 0. The van der Waals surface area contributed by atoms with Gasteiger partial charge in [0.1, 0.15) is 5.60 Å². The van der Waals surface area contributed by atoms with Gasteiger partial charge in [-0.3, -0.25) is 0 Å². The molecule has 0 rings (SSSR count). The summed E-state index contributed by atoms with van der Waals surface area (Å²) in [6.45, 7) is 0. The van der Waals surface area contributed by atoms with Crippen molar-refractivity contribution in [2.75, 3.05) is 0 Å². The van der Waals surface area contributed by atoms with E-state index >= 15 is 0 Å². The van der Waals surface area contributed by atoms with E-state index in [4.69, 9.17) is 5.11 Å². The van der Waals surface area contributed by atoms with E-state index in [0.29, 0.717) is 0 Å². The van der Waals surface area contributed by atoms with Crippen LogP contribution < -0.4 is 15.3 Å². The van der Waals surface area contributed by atoms with Crippen LogP contribution in [0, 0.1) is 0 Å². The Bertz CT molecular complexity index is 238. The van der Waals surface area contributed by atoms with Crippen LogP contribution in [0.15, 0.2) is 0 Å². The number of hydrogen-bond acceptors (Lipinski definition) is 7. The largest absolute Gasteiger partial charge is 2.00 e. The third-order valence-corrected chi connectivity index (χ3v) is 1.25. The molecule has 1 radical (unpaired) electrons. The number of hydrogen-bond donors (Lipinski definition) is 1. The fourth-order valence-corrected chi connectivity index (χ4v) is 0.684. The van der Waals surface area contributed by atoms with Crippen LogP contribution in [0.5, 0.6) is 0 Å². The molecule has 9 heteroatoms. The van der Waals surface area contributed by atoms with E-state index in [1.54, 1.807) is 0 Å². The molecule has 0 aliphatic rings.